The van der Waals surface area contributed by atoms with Crippen LogP contribution in [0.15, 0.2) is 12.4 Å². The van der Waals surface area contributed by atoms with Crippen molar-refractivity contribution in [3.05, 3.63) is 29.3 Å². The molecule has 1 amide bonds. The first-order chi connectivity index (χ1) is 8.97. The monoisotopic (exact) mass is 262 g/mol. The van der Waals surface area contributed by atoms with Crippen molar-refractivity contribution in [1.29, 1.82) is 0 Å². The highest BCUT2D eigenvalue weighted by molar-refractivity contribution is 5.73. The summed E-state index contributed by atoms with van der Waals surface area (Å²) in [4.78, 5) is 10.8. The Labute approximate surface area is 111 Å². The zero-order valence-electron chi connectivity index (χ0n) is 11.3. The largest absolute Gasteiger partial charge is 0.378 e. The van der Waals surface area contributed by atoms with Crippen LogP contribution in [0.25, 0.3) is 0 Å². The molecule has 0 aliphatic carbocycles. The van der Waals surface area contributed by atoms with Crippen LogP contribution in [0.2, 0.25) is 0 Å². The molecule has 0 spiro atoms. The van der Waals surface area contributed by atoms with Gasteiger partial charge < -0.3 is 11.1 Å². The molecular weight excluding hydrogens is 244 g/mol. The Balaban J connectivity index is 2.02. The molecule has 7 heteroatoms. The Morgan fingerprint density at radius 2 is 2.21 bits per heavy atom. The number of hydrogen-bond acceptors (Lipinski definition) is 4. The highest BCUT2D eigenvalue weighted by Gasteiger charge is 2.09. The normalized spacial score (nSPS) is 10.7. The number of aromatic nitrogens is 4. The molecule has 0 aliphatic heterocycles. The minimum absolute atomic E-state index is 0.0899. The summed E-state index contributed by atoms with van der Waals surface area (Å²) in [7, 11) is 1.93. The van der Waals surface area contributed by atoms with Crippen molar-refractivity contribution in [2.24, 2.45) is 12.8 Å². The van der Waals surface area contributed by atoms with E-state index >= 15 is 0 Å². The Morgan fingerprint density at radius 3 is 2.79 bits per heavy atom. The summed E-state index contributed by atoms with van der Waals surface area (Å²) in [6.45, 7) is 4.79. The maximum absolute atomic E-state index is 10.8. The molecule has 0 atom stereocenters. The molecule has 0 saturated carbocycles. The molecule has 3 N–H and O–H groups in total. The van der Waals surface area contributed by atoms with Crippen molar-refractivity contribution in [3.63, 3.8) is 0 Å². The third kappa shape index (κ3) is 2.93. The molecule has 102 valence electrons. The SMILES string of the molecule is Cc1nn(C)c(C)c1CNc1cnn(CC(N)=O)c1. The molecule has 0 fully saturated rings. The van der Waals surface area contributed by atoms with E-state index < -0.39 is 5.91 Å². The number of rotatable bonds is 5. The summed E-state index contributed by atoms with van der Waals surface area (Å²) >= 11 is 0. The quantitative estimate of drug-likeness (QED) is 0.812. The van der Waals surface area contributed by atoms with Gasteiger partial charge in [-0.25, -0.2) is 0 Å². The van der Waals surface area contributed by atoms with Gasteiger partial charge in [0.2, 0.25) is 5.91 Å². The van der Waals surface area contributed by atoms with Crippen LogP contribution in [0.3, 0.4) is 0 Å². The van der Waals surface area contributed by atoms with Gasteiger partial charge >= 0.3 is 0 Å². The number of nitrogens with two attached hydrogens (primary N) is 1. The van der Waals surface area contributed by atoms with Gasteiger partial charge in [-0.1, -0.05) is 0 Å². The number of carbonyl (C=O) groups is 1. The molecule has 2 aromatic heterocycles. The summed E-state index contributed by atoms with van der Waals surface area (Å²) < 4.78 is 3.37. The molecule has 7 nitrogen and oxygen atoms in total. The summed E-state index contributed by atoms with van der Waals surface area (Å²) in [6.07, 6.45) is 3.43. The second-order valence-corrected chi connectivity index (χ2v) is 4.52. The lowest BCUT2D eigenvalue weighted by Crippen LogP contribution is -2.18. The van der Waals surface area contributed by atoms with Crippen molar-refractivity contribution < 1.29 is 4.79 Å². The molecule has 19 heavy (non-hydrogen) atoms. The van der Waals surface area contributed by atoms with Gasteiger partial charge in [-0.05, 0) is 13.8 Å². The van der Waals surface area contributed by atoms with Crippen LogP contribution in [0.4, 0.5) is 5.69 Å². The lowest BCUT2D eigenvalue weighted by Gasteiger charge is -2.04. The molecule has 0 bridgehead atoms. The number of hydrogen-bond donors (Lipinski definition) is 2. The van der Waals surface area contributed by atoms with Crippen molar-refractivity contribution in [3.8, 4) is 0 Å². The second-order valence-electron chi connectivity index (χ2n) is 4.52. The molecule has 2 aromatic rings. The van der Waals surface area contributed by atoms with Gasteiger partial charge in [0.15, 0.2) is 0 Å². The molecular formula is C12H18N6O. The molecule has 0 aromatic carbocycles. The first kappa shape index (κ1) is 13.1. The Hall–Kier alpha value is -2.31. The van der Waals surface area contributed by atoms with Crippen molar-refractivity contribution >= 4 is 11.6 Å². The Morgan fingerprint density at radius 1 is 1.47 bits per heavy atom. The van der Waals surface area contributed by atoms with Crippen LogP contribution >= 0.6 is 0 Å². The van der Waals surface area contributed by atoms with Gasteiger partial charge in [0.25, 0.3) is 0 Å². The predicted molar refractivity (Wildman–Crippen MR) is 71.4 cm³/mol. The predicted octanol–water partition coefficient (Wildman–Crippen LogP) is 0.331. The summed E-state index contributed by atoms with van der Waals surface area (Å²) in [5.74, 6) is -0.409. The van der Waals surface area contributed by atoms with E-state index in [0.717, 1.165) is 17.1 Å². The number of amides is 1. The van der Waals surface area contributed by atoms with Crippen LogP contribution in [-0.4, -0.2) is 25.5 Å². The van der Waals surface area contributed by atoms with Gasteiger partial charge in [-0.15, -0.1) is 0 Å². The van der Waals surface area contributed by atoms with Crippen molar-refractivity contribution in [1.82, 2.24) is 19.6 Å². The van der Waals surface area contributed by atoms with Gasteiger partial charge in [-0.2, -0.15) is 10.2 Å². The van der Waals surface area contributed by atoms with E-state index in [1.54, 1.807) is 12.4 Å². The topological polar surface area (TPSA) is 90.8 Å². The van der Waals surface area contributed by atoms with E-state index in [4.69, 9.17) is 5.73 Å². The molecule has 0 aliphatic rings. The standard InChI is InChI=1S/C12H18N6O/c1-8-11(9(2)17(3)16-8)5-14-10-4-15-18(6-10)7-12(13)19/h4,6,14H,5,7H2,1-3H3,(H2,13,19). The number of nitrogens with zero attached hydrogens (tertiary/aromatic N) is 4. The summed E-state index contributed by atoms with van der Waals surface area (Å²) in [5.41, 5.74) is 9.28. The van der Waals surface area contributed by atoms with Gasteiger partial charge in [0, 0.05) is 31.0 Å². The lowest BCUT2D eigenvalue weighted by molar-refractivity contribution is -0.118. The van der Waals surface area contributed by atoms with E-state index in [1.807, 2.05) is 25.6 Å². The zero-order valence-corrected chi connectivity index (χ0v) is 11.3. The molecule has 0 unspecified atom stereocenters. The maximum Gasteiger partial charge on any atom is 0.239 e. The zero-order chi connectivity index (χ0) is 14.0. The maximum atomic E-state index is 10.8. The molecule has 2 rings (SSSR count). The third-order valence-corrected chi connectivity index (χ3v) is 3.08. The highest BCUT2D eigenvalue weighted by Crippen LogP contribution is 2.14. The van der Waals surface area contributed by atoms with Crippen molar-refractivity contribution in [2.75, 3.05) is 5.32 Å². The van der Waals surface area contributed by atoms with Gasteiger partial charge in [0.05, 0.1) is 17.6 Å². The van der Waals surface area contributed by atoms with E-state index in [-0.39, 0.29) is 6.54 Å². The van der Waals surface area contributed by atoms with Gasteiger partial charge in [0.1, 0.15) is 6.54 Å². The number of aryl methyl sites for hydroxylation is 2. The van der Waals surface area contributed by atoms with E-state index in [0.29, 0.717) is 6.54 Å². The fourth-order valence-corrected chi connectivity index (χ4v) is 1.96. The average Bonchev–Trinajstić information content (AvgIpc) is 2.84. The van der Waals surface area contributed by atoms with Gasteiger partial charge in [-0.3, -0.25) is 14.2 Å². The molecule has 0 saturated heterocycles. The van der Waals surface area contributed by atoms with Crippen LogP contribution in [0, 0.1) is 13.8 Å². The first-order valence-corrected chi connectivity index (χ1v) is 6.01. The van der Waals surface area contributed by atoms with Crippen LogP contribution in [-0.2, 0) is 24.9 Å². The van der Waals surface area contributed by atoms with Crippen LogP contribution in [0.1, 0.15) is 17.0 Å². The average molecular weight is 262 g/mol. The van der Waals surface area contributed by atoms with E-state index in [9.17, 15) is 4.79 Å². The smallest absolute Gasteiger partial charge is 0.239 e. The third-order valence-electron chi connectivity index (χ3n) is 3.08. The Kier molecular flexibility index (Phi) is 3.55. The fourth-order valence-electron chi connectivity index (χ4n) is 1.96. The number of nitrogens with one attached hydrogen (secondary N) is 1. The van der Waals surface area contributed by atoms with Crippen molar-refractivity contribution in [2.45, 2.75) is 26.9 Å². The second kappa shape index (κ2) is 5.13. The number of carbonyl (C=O) groups excluding carboxylic acids is 1. The van der Waals surface area contributed by atoms with E-state index in [1.165, 1.54) is 10.2 Å². The summed E-state index contributed by atoms with van der Waals surface area (Å²) in [6, 6.07) is 0. The fraction of sp³-hybridized carbons (Fsp3) is 0.417. The molecule has 2 heterocycles. The minimum Gasteiger partial charge on any atom is -0.378 e. The number of primary amides is 1. The van der Waals surface area contributed by atoms with E-state index in [2.05, 4.69) is 15.5 Å². The first-order valence-electron chi connectivity index (χ1n) is 6.01. The number of anilines is 1. The minimum atomic E-state index is -0.409. The highest BCUT2D eigenvalue weighted by atomic mass is 16.1. The van der Waals surface area contributed by atoms with Crippen LogP contribution < -0.4 is 11.1 Å². The van der Waals surface area contributed by atoms with Crippen LogP contribution in [0.5, 0.6) is 0 Å². The Bertz CT molecular complexity index is 597. The summed E-state index contributed by atoms with van der Waals surface area (Å²) in [5, 5.41) is 11.7. The lowest BCUT2D eigenvalue weighted by atomic mass is 10.2. The molecule has 0 radical (unpaired) electrons.